The Kier molecular flexibility index (Phi) is 11.7. The van der Waals surface area contributed by atoms with Crippen molar-refractivity contribution in [3.63, 3.8) is 0 Å². The number of carbonyl (C=O) groups is 3. The first-order chi connectivity index (χ1) is 21.5. The highest BCUT2D eigenvalue weighted by Gasteiger charge is 2.26. The van der Waals surface area contributed by atoms with E-state index in [0.717, 1.165) is 9.87 Å². The Balaban J connectivity index is 1.31. The van der Waals surface area contributed by atoms with Crippen LogP contribution in [-0.4, -0.2) is 49.7 Å². The molecule has 11 nitrogen and oxygen atoms in total. The molecule has 0 unspecified atom stereocenters. The first-order valence-corrected chi connectivity index (χ1v) is 15.8. The maximum atomic E-state index is 13.4. The molecule has 0 aliphatic heterocycles. The number of halogens is 3. The van der Waals surface area contributed by atoms with Gasteiger partial charge in [-0.1, -0.05) is 65.1 Å². The van der Waals surface area contributed by atoms with Gasteiger partial charge in [-0.3, -0.25) is 14.4 Å². The molecule has 0 spiro atoms. The van der Waals surface area contributed by atoms with Gasteiger partial charge in [-0.2, -0.15) is 9.41 Å². The Morgan fingerprint density at radius 3 is 2.22 bits per heavy atom. The van der Waals surface area contributed by atoms with Crippen LogP contribution in [-0.2, 0) is 37.4 Å². The molecular weight excluding hydrogens is 665 g/mol. The third kappa shape index (κ3) is 10.2. The summed E-state index contributed by atoms with van der Waals surface area (Å²) in [5.74, 6) is -2.00. The molecule has 3 amide bonds. The largest absolute Gasteiger partial charge is 0.458 e. The zero-order chi connectivity index (χ0) is 32.4. The Labute approximate surface area is 274 Å². The van der Waals surface area contributed by atoms with E-state index < -0.39 is 34.3 Å². The fraction of sp³-hybridized carbons (Fsp3) is 0.133. The van der Waals surface area contributed by atoms with E-state index in [1.807, 2.05) is 30.3 Å². The number of nitrogens with zero attached hydrogens (tertiary/aromatic N) is 2. The summed E-state index contributed by atoms with van der Waals surface area (Å²) >= 11 is 17.7. The normalized spacial score (nSPS) is 11.5. The van der Waals surface area contributed by atoms with Crippen LogP contribution in [0.1, 0.15) is 17.1 Å². The molecule has 0 atom stereocenters. The molecule has 3 aromatic carbocycles. The number of hydrogen-bond acceptors (Lipinski definition) is 7. The minimum Gasteiger partial charge on any atom is -0.458 e. The van der Waals surface area contributed by atoms with Crippen molar-refractivity contribution >= 4 is 74.4 Å². The van der Waals surface area contributed by atoms with E-state index in [1.54, 1.807) is 6.07 Å². The molecular formula is C30H26Cl3N5O6S. The zero-order valence-corrected chi connectivity index (χ0v) is 26.5. The second-order valence-corrected chi connectivity index (χ2v) is 12.7. The molecule has 0 fully saturated rings. The van der Waals surface area contributed by atoms with Gasteiger partial charge < -0.3 is 15.1 Å². The lowest BCUT2D eigenvalue weighted by molar-refractivity contribution is -0.136. The Hall–Kier alpha value is -4.20. The predicted octanol–water partition coefficient (Wildman–Crippen LogP) is 4.88. The number of sulfonamides is 1. The van der Waals surface area contributed by atoms with Gasteiger partial charge in [0.2, 0.25) is 10.0 Å². The summed E-state index contributed by atoms with van der Waals surface area (Å²) in [4.78, 5) is 37.1. The quantitative estimate of drug-likeness (QED) is 0.110. The number of hydrazone groups is 1. The summed E-state index contributed by atoms with van der Waals surface area (Å²) in [6.07, 6.45) is 1.59. The van der Waals surface area contributed by atoms with E-state index in [9.17, 15) is 22.8 Å². The Morgan fingerprint density at radius 1 is 0.844 bits per heavy atom. The number of anilines is 1. The molecule has 0 aliphatic rings. The standard InChI is InChI=1S/C30H26Cl3N5O6S/c31-21-6-10-27(11-7-21)45(42,43)38(13-12-20-4-2-1-3-5-20)19-28(39)37-35-18-26-9-8-25(44-26)17-34-29(40)30(41)36-24-15-22(32)14-23(33)16-24/h1-11,14-16,18H,12-13,17,19H2,(H,34,40)(H,36,41)(H,37,39)/b35-18-. The Bertz CT molecular complexity index is 1780. The van der Waals surface area contributed by atoms with Crippen LogP contribution in [0.25, 0.3) is 0 Å². The molecule has 3 N–H and O–H groups in total. The molecule has 1 aromatic heterocycles. The topological polar surface area (TPSA) is 150 Å². The average Bonchev–Trinajstić information content (AvgIpc) is 3.45. The summed E-state index contributed by atoms with van der Waals surface area (Å²) in [6, 6.07) is 22.4. The predicted molar refractivity (Wildman–Crippen MR) is 172 cm³/mol. The van der Waals surface area contributed by atoms with Crippen LogP contribution in [0.5, 0.6) is 0 Å². The summed E-state index contributed by atoms with van der Waals surface area (Å²) in [7, 11) is -4.03. The lowest BCUT2D eigenvalue weighted by Crippen LogP contribution is -2.40. The summed E-state index contributed by atoms with van der Waals surface area (Å²) in [6.45, 7) is -0.556. The van der Waals surface area contributed by atoms with Crippen LogP contribution in [0.15, 0.2) is 99.3 Å². The van der Waals surface area contributed by atoms with Crippen molar-refractivity contribution in [3.05, 3.63) is 117 Å². The van der Waals surface area contributed by atoms with Crippen LogP contribution < -0.4 is 16.1 Å². The molecule has 234 valence electrons. The van der Waals surface area contributed by atoms with E-state index in [1.165, 1.54) is 54.7 Å². The summed E-state index contributed by atoms with van der Waals surface area (Å²) < 4.78 is 33.3. The summed E-state index contributed by atoms with van der Waals surface area (Å²) in [5.41, 5.74) is 3.46. The van der Waals surface area contributed by atoms with Gasteiger partial charge in [-0.25, -0.2) is 13.8 Å². The van der Waals surface area contributed by atoms with Gasteiger partial charge in [0.05, 0.1) is 24.2 Å². The van der Waals surface area contributed by atoms with Gasteiger partial charge in [-0.15, -0.1) is 0 Å². The minimum atomic E-state index is -4.03. The molecule has 0 bridgehead atoms. The molecule has 4 aromatic rings. The van der Waals surface area contributed by atoms with Crippen molar-refractivity contribution in [2.75, 3.05) is 18.4 Å². The van der Waals surface area contributed by atoms with Gasteiger partial charge in [0.15, 0.2) is 0 Å². The lowest BCUT2D eigenvalue weighted by Gasteiger charge is -2.21. The number of amides is 3. The molecule has 0 saturated carbocycles. The van der Waals surface area contributed by atoms with Gasteiger partial charge in [0.1, 0.15) is 11.5 Å². The molecule has 0 radical (unpaired) electrons. The van der Waals surface area contributed by atoms with E-state index in [2.05, 4.69) is 21.2 Å². The zero-order valence-electron chi connectivity index (χ0n) is 23.4. The van der Waals surface area contributed by atoms with E-state index in [0.29, 0.717) is 27.2 Å². The maximum absolute atomic E-state index is 13.4. The van der Waals surface area contributed by atoms with Crippen molar-refractivity contribution in [3.8, 4) is 0 Å². The fourth-order valence-electron chi connectivity index (χ4n) is 3.92. The monoisotopic (exact) mass is 689 g/mol. The van der Waals surface area contributed by atoms with Crippen molar-refractivity contribution in [2.24, 2.45) is 5.10 Å². The fourth-order valence-corrected chi connectivity index (χ4v) is 5.97. The smallest absolute Gasteiger partial charge is 0.313 e. The molecule has 0 aliphatic carbocycles. The number of carbonyl (C=O) groups excluding carboxylic acids is 3. The highest BCUT2D eigenvalue weighted by atomic mass is 35.5. The number of rotatable bonds is 12. The van der Waals surface area contributed by atoms with Crippen LogP contribution in [0.4, 0.5) is 5.69 Å². The molecule has 1 heterocycles. The average molecular weight is 691 g/mol. The number of nitrogens with one attached hydrogen (secondary N) is 3. The van der Waals surface area contributed by atoms with Crippen molar-refractivity contribution in [1.82, 2.24) is 15.0 Å². The molecule has 15 heteroatoms. The number of hydrogen-bond donors (Lipinski definition) is 3. The van der Waals surface area contributed by atoms with Crippen molar-refractivity contribution in [1.29, 1.82) is 0 Å². The molecule has 45 heavy (non-hydrogen) atoms. The molecule has 0 saturated heterocycles. The summed E-state index contributed by atoms with van der Waals surface area (Å²) in [5, 5.41) is 9.63. The van der Waals surface area contributed by atoms with Gasteiger partial charge in [-0.05, 0) is 66.6 Å². The number of furan rings is 1. The van der Waals surface area contributed by atoms with E-state index >= 15 is 0 Å². The van der Waals surface area contributed by atoms with Gasteiger partial charge >= 0.3 is 11.8 Å². The third-order valence-electron chi connectivity index (χ3n) is 6.08. The third-order valence-corrected chi connectivity index (χ3v) is 8.63. The van der Waals surface area contributed by atoms with Crippen LogP contribution in [0.3, 0.4) is 0 Å². The van der Waals surface area contributed by atoms with E-state index in [4.69, 9.17) is 39.2 Å². The first kappa shape index (κ1) is 33.7. The van der Waals surface area contributed by atoms with Crippen LogP contribution >= 0.6 is 34.8 Å². The lowest BCUT2D eigenvalue weighted by atomic mass is 10.1. The molecule has 4 rings (SSSR count). The maximum Gasteiger partial charge on any atom is 0.313 e. The van der Waals surface area contributed by atoms with Crippen LogP contribution in [0.2, 0.25) is 15.1 Å². The number of benzene rings is 3. The highest BCUT2D eigenvalue weighted by Crippen LogP contribution is 2.22. The highest BCUT2D eigenvalue weighted by molar-refractivity contribution is 7.89. The first-order valence-electron chi connectivity index (χ1n) is 13.2. The van der Waals surface area contributed by atoms with Crippen LogP contribution in [0, 0.1) is 0 Å². The SMILES string of the molecule is O=C(CN(CCc1ccccc1)S(=O)(=O)c1ccc(Cl)cc1)N/N=C\c1ccc(CNC(=O)C(=O)Nc2cc(Cl)cc(Cl)c2)o1. The minimum absolute atomic E-state index is 0.00203. The van der Waals surface area contributed by atoms with Gasteiger partial charge in [0.25, 0.3) is 5.91 Å². The second kappa shape index (κ2) is 15.7. The van der Waals surface area contributed by atoms with Gasteiger partial charge in [0, 0.05) is 27.3 Å². The van der Waals surface area contributed by atoms with E-state index in [-0.39, 0.29) is 29.4 Å². The van der Waals surface area contributed by atoms with Crippen molar-refractivity contribution < 1.29 is 27.2 Å². The second-order valence-electron chi connectivity index (χ2n) is 9.42. The van der Waals surface area contributed by atoms with Crippen molar-refractivity contribution in [2.45, 2.75) is 17.9 Å². The Morgan fingerprint density at radius 2 is 1.53 bits per heavy atom.